The Balaban J connectivity index is 1.63. The van der Waals surface area contributed by atoms with Crippen LogP contribution in [0, 0.1) is 5.82 Å². The number of imide groups is 1. The molecule has 1 aromatic rings. The van der Waals surface area contributed by atoms with E-state index < -0.39 is 29.3 Å². The van der Waals surface area contributed by atoms with E-state index >= 15 is 0 Å². The fraction of sp³-hybridized carbons (Fsp3) is 0.471. The molecule has 24 heavy (non-hydrogen) atoms. The Hall–Kier alpha value is -2.44. The number of carbonyl (C=O) groups is 3. The van der Waals surface area contributed by atoms with E-state index in [1.807, 2.05) is 0 Å². The van der Waals surface area contributed by atoms with E-state index in [2.05, 4.69) is 0 Å². The van der Waals surface area contributed by atoms with Gasteiger partial charge in [-0.2, -0.15) is 0 Å². The van der Waals surface area contributed by atoms with Gasteiger partial charge in [-0.15, -0.1) is 0 Å². The first-order valence-corrected chi connectivity index (χ1v) is 8.16. The maximum atomic E-state index is 14.0. The Morgan fingerprint density at radius 3 is 2.62 bits per heavy atom. The minimum Gasteiger partial charge on any atom is -0.310 e. The van der Waals surface area contributed by atoms with Gasteiger partial charge in [-0.05, 0) is 38.3 Å². The summed E-state index contributed by atoms with van der Waals surface area (Å²) in [6.45, 7) is 2.59. The summed E-state index contributed by atoms with van der Waals surface area (Å²) in [7, 11) is 0. The zero-order valence-corrected chi connectivity index (χ0v) is 13.4. The van der Waals surface area contributed by atoms with E-state index in [-0.39, 0.29) is 18.1 Å². The van der Waals surface area contributed by atoms with Gasteiger partial charge in [0.05, 0.1) is 5.69 Å². The first-order valence-electron chi connectivity index (χ1n) is 8.16. The van der Waals surface area contributed by atoms with Gasteiger partial charge in [-0.3, -0.25) is 9.59 Å². The molecule has 0 aliphatic carbocycles. The molecule has 0 N–H and O–H groups in total. The van der Waals surface area contributed by atoms with Crippen molar-refractivity contribution in [2.75, 3.05) is 18.0 Å². The second kappa shape index (κ2) is 5.03. The van der Waals surface area contributed by atoms with Crippen LogP contribution in [0.5, 0.6) is 0 Å². The maximum Gasteiger partial charge on any atom is 0.328 e. The Bertz CT molecular complexity index is 752. The monoisotopic (exact) mass is 331 g/mol. The number of para-hydroxylation sites is 1. The topological polar surface area (TPSA) is 60.9 Å². The van der Waals surface area contributed by atoms with Crippen molar-refractivity contribution in [2.24, 2.45) is 0 Å². The zero-order valence-electron chi connectivity index (χ0n) is 13.4. The Labute approximate surface area is 138 Å². The molecule has 0 spiro atoms. The number of carbonyl (C=O) groups excluding carboxylic acids is 3. The van der Waals surface area contributed by atoms with Crippen molar-refractivity contribution in [1.29, 1.82) is 0 Å². The smallest absolute Gasteiger partial charge is 0.310 e. The third kappa shape index (κ3) is 1.84. The summed E-state index contributed by atoms with van der Waals surface area (Å²) in [4.78, 5) is 42.2. The van der Waals surface area contributed by atoms with E-state index in [9.17, 15) is 18.8 Å². The lowest BCUT2D eigenvalue weighted by Crippen LogP contribution is -2.47. The number of rotatable bonds is 2. The zero-order chi connectivity index (χ0) is 17.1. The summed E-state index contributed by atoms with van der Waals surface area (Å²) >= 11 is 0. The van der Waals surface area contributed by atoms with Crippen molar-refractivity contribution in [3.8, 4) is 0 Å². The van der Waals surface area contributed by atoms with Crippen LogP contribution in [0.1, 0.15) is 26.2 Å². The van der Waals surface area contributed by atoms with Crippen LogP contribution in [0.3, 0.4) is 0 Å². The fourth-order valence-electron chi connectivity index (χ4n) is 4.06. The lowest BCUT2D eigenvalue weighted by Gasteiger charge is -2.23. The minimum absolute atomic E-state index is 0.191. The highest BCUT2D eigenvalue weighted by atomic mass is 19.1. The maximum absolute atomic E-state index is 14.0. The van der Waals surface area contributed by atoms with Crippen LogP contribution in [0.25, 0.3) is 0 Å². The molecule has 0 unspecified atom stereocenters. The number of fused-ring (bicyclic) bond motifs is 1. The number of hydrogen-bond acceptors (Lipinski definition) is 3. The van der Waals surface area contributed by atoms with Crippen molar-refractivity contribution in [1.82, 2.24) is 9.80 Å². The number of hydrogen-bond donors (Lipinski definition) is 0. The van der Waals surface area contributed by atoms with Gasteiger partial charge in [-0.25, -0.2) is 14.1 Å². The molecule has 0 aromatic heterocycles. The highest BCUT2D eigenvalue weighted by Crippen LogP contribution is 2.40. The summed E-state index contributed by atoms with van der Waals surface area (Å²) in [5, 5.41) is 0. The molecule has 3 saturated heterocycles. The van der Waals surface area contributed by atoms with Gasteiger partial charge in [-0.1, -0.05) is 12.1 Å². The van der Waals surface area contributed by atoms with Gasteiger partial charge in [0.1, 0.15) is 17.4 Å². The predicted octanol–water partition coefficient (Wildman–Crippen LogP) is 1.75. The van der Waals surface area contributed by atoms with Gasteiger partial charge in [0.15, 0.2) is 0 Å². The van der Waals surface area contributed by atoms with Gasteiger partial charge >= 0.3 is 6.03 Å². The molecule has 2 atom stereocenters. The lowest BCUT2D eigenvalue weighted by molar-refractivity contribution is -0.136. The molecule has 4 amide bonds. The second-order valence-electron chi connectivity index (χ2n) is 6.73. The predicted molar refractivity (Wildman–Crippen MR) is 83.7 cm³/mol. The van der Waals surface area contributed by atoms with Gasteiger partial charge < -0.3 is 9.80 Å². The third-order valence-corrected chi connectivity index (χ3v) is 5.39. The summed E-state index contributed by atoms with van der Waals surface area (Å²) in [5.41, 5.74) is -0.640. The number of amides is 4. The van der Waals surface area contributed by atoms with E-state index in [0.717, 1.165) is 11.3 Å². The molecule has 3 heterocycles. The molecule has 7 heteroatoms. The van der Waals surface area contributed by atoms with Crippen LogP contribution in [0.4, 0.5) is 14.9 Å². The summed E-state index contributed by atoms with van der Waals surface area (Å²) in [5.74, 6) is -1.19. The fourth-order valence-corrected chi connectivity index (χ4v) is 4.06. The van der Waals surface area contributed by atoms with Crippen molar-refractivity contribution in [3.05, 3.63) is 30.1 Å². The van der Waals surface area contributed by atoms with Crippen molar-refractivity contribution in [2.45, 2.75) is 37.8 Å². The summed E-state index contributed by atoms with van der Waals surface area (Å²) in [6.07, 6.45) is 1.74. The van der Waals surface area contributed by atoms with Crippen LogP contribution in [-0.2, 0) is 9.59 Å². The number of benzene rings is 1. The van der Waals surface area contributed by atoms with Crippen molar-refractivity contribution < 1.29 is 18.8 Å². The van der Waals surface area contributed by atoms with E-state index in [1.54, 1.807) is 24.0 Å². The minimum atomic E-state index is -0.841. The Kier molecular flexibility index (Phi) is 3.16. The van der Waals surface area contributed by atoms with Gasteiger partial charge in [0, 0.05) is 13.1 Å². The molecular weight excluding hydrogens is 313 g/mol. The SMILES string of the molecule is C[C@]12CCCN1C(=O)N([C@H]1CCN(c3ccccc3F)C1=O)C2=O. The van der Waals surface area contributed by atoms with Gasteiger partial charge in [0.2, 0.25) is 0 Å². The molecule has 3 fully saturated rings. The standard InChI is InChI=1S/C17H18FN3O3/c1-17-8-4-9-20(17)16(24)21(15(17)23)13-7-10-19(14(13)22)12-6-3-2-5-11(12)18/h2-3,5-6,13H,4,7-10H2,1H3/t13-,17+/m0/s1. The molecule has 0 bridgehead atoms. The van der Waals surface area contributed by atoms with Crippen LogP contribution in [-0.4, -0.2) is 52.3 Å². The number of halogens is 1. The number of urea groups is 1. The molecule has 3 aliphatic rings. The molecule has 0 radical (unpaired) electrons. The van der Waals surface area contributed by atoms with Crippen LogP contribution >= 0.6 is 0 Å². The highest BCUT2D eigenvalue weighted by molar-refractivity contribution is 6.12. The van der Waals surface area contributed by atoms with Crippen molar-refractivity contribution in [3.63, 3.8) is 0 Å². The molecule has 6 nitrogen and oxygen atoms in total. The largest absolute Gasteiger partial charge is 0.328 e. The first-order chi connectivity index (χ1) is 11.4. The van der Waals surface area contributed by atoms with E-state index in [0.29, 0.717) is 19.4 Å². The molecule has 4 rings (SSSR count). The van der Waals surface area contributed by atoms with Gasteiger partial charge in [0.25, 0.3) is 11.8 Å². The van der Waals surface area contributed by atoms with E-state index in [1.165, 1.54) is 17.0 Å². The van der Waals surface area contributed by atoms with Crippen molar-refractivity contribution >= 4 is 23.5 Å². The summed E-state index contributed by atoms with van der Waals surface area (Å²) in [6, 6.07) is 4.80. The third-order valence-electron chi connectivity index (χ3n) is 5.39. The summed E-state index contributed by atoms with van der Waals surface area (Å²) < 4.78 is 14.0. The normalized spacial score (nSPS) is 29.8. The highest BCUT2D eigenvalue weighted by Gasteiger charge is 2.60. The first kappa shape index (κ1) is 15.1. The number of anilines is 1. The molecule has 3 aliphatic heterocycles. The lowest BCUT2D eigenvalue weighted by atomic mass is 9.99. The molecule has 126 valence electrons. The van der Waals surface area contributed by atoms with Crippen LogP contribution in [0.2, 0.25) is 0 Å². The molecular formula is C17H18FN3O3. The van der Waals surface area contributed by atoms with Crippen LogP contribution in [0.15, 0.2) is 24.3 Å². The Morgan fingerprint density at radius 1 is 1.17 bits per heavy atom. The molecule has 1 aromatic carbocycles. The quantitative estimate of drug-likeness (QED) is 0.776. The average molecular weight is 331 g/mol. The second-order valence-corrected chi connectivity index (χ2v) is 6.73. The Morgan fingerprint density at radius 2 is 1.92 bits per heavy atom. The number of nitrogens with zero attached hydrogens (tertiary/aromatic N) is 3. The van der Waals surface area contributed by atoms with Crippen LogP contribution < -0.4 is 4.90 Å². The average Bonchev–Trinajstić information content (AvgIpc) is 3.17. The van der Waals surface area contributed by atoms with E-state index in [4.69, 9.17) is 0 Å². The molecule has 0 saturated carbocycles.